The molecule has 3 heteroatoms. The van der Waals surface area contributed by atoms with Gasteiger partial charge in [-0.3, -0.25) is 0 Å². The van der Waals surface area contributed by atoms with Crippen molar-refractivity contribution in [1.29, 1.82) is 0 Å². The van der Waals surface area contributed by atoms with Gasteiger partial charge in [-0.05, 0) is 40.8 Å². The van der Waals surface area contributed by atoms with E-state index in [-0.39, 0.29) is 17.7 Å². The standard InChI is InChI=1S/C13H28N2O/c1-11(2)16-10-12(14)13(15(3)4)8-6-5-7-9-13/h11-12H,5-10,14H2,1-4H3. The Morgan fingerprint density at radius 3 is 2.19 bits per heavy atom. The first-order valence-corrected chi connectivity index (χ1v) is 6.53. The van der Waals surface area contributed by atoms with Crippen molar-refractivity contribution in [2.45, 2.75) is 63.6 Å². The summed E-state index contributed by atoms with van der Waals surface area (Å²) in [6.45, 7) is 4.81. The molecule has 0 aliphatic heterocycles. The molecule has 1 unspecified atom stereocenters. The van der Waals surface area contributed by atoms with Gasteiger partial charge in [0.1, 0.15) is 0 Å². The summed E-state index contributed by atoms with van der Waals surface area (Å²) in [6, 6.07) is 0.130. The molecule has 0 spiro atoms. The Morgan fingerprint density at radius 2 is 1.75 bits per heavy atom. The van der Waals surface area contributed by atoms with Gasteiger partial charge in [-0.2, -0.15) is 0 Å². The highest BCUT2D eigenvalue weighted by Gasteiger charge is 2.39. The monoisotopic (exact) mass is 228 g/mol. The summed E-state index contributed by atoms with van der Waals surface area (Å²) in [5.74, 6) is 0. The van der Waals surface area contributed by atoms with E-state index in [0.717, 1.165) is 0 Å². The molecule has 1 saturated carbocycles. The Labute approximate surface area is 100 Å². The quantitative estimate of drug-likeness (QED) is 0.782. The zero-order valence-electron chi connectivity index (χ0n) is 11.3. The topological polar surface area (TPSA) is 38.5 Å². The normalized spacial score (nSPS) is 22.7. The SMILES string of the molecule is CC(C)OCC(N)C1(N(C)C)CCCCC1. The van der Waals surface area contributed by atoms with E-state index in [9.17, 15) is 0 Å². The van der Waals surface area contributed by atoms with Gasteiger partial charge >= 0.3 is 0 Å². The second-order valence-electron chi connectivity index (χ2n) is 5.55. The number of ether oxygens (including phenoxy) is 1. The fraction of sp³-hybridized carbons (Fsp3) is 1.00. The van der Waals surface area contributed by atoms with Crippen LogP contribution in [0.3, 0.4) is 0 Å². The molecule has 0 heterocycles. The minimum atomic E-state index is 0.130. The van der Waals surface area contributed by atoms with Gasteiger partial charge in [0.15, 0.2) is 0 Å². The molecular formula is C13H28N2O. The van der Waals surface area contributed by atoms with Gasteiger partial charge in [0.05, 0.1) is 12.7 Å². The largest absolute Gasteiger partial charge is 0.377 e. The van der Waals surface area contributed by atoms with Crippen LogP contribution in [0.25, 0.3) is 0 Å². The van der Waals surface area contributed by atoms with Gasteiger partial charge < -0.3 is 15.4 Å². The summed E-state index contributed by atoms with van der Waals surface area (Å²) in [6.07, 6.45) is 6.65. The second-order valence-corrected chi connectivity index (χ2v) is 5.55. The molecule has 0 radical (unpaired) electrons. The van der Waals surface area contributed by atoms with Gasteiger partial charge in [0.2, 0.25) is 0 Å². The molecule has 1 atom stereocenters. The van der Waals surface area contributed by atoms with Crippen molar-refractivity contribution in [1.82, 2.24) is 4.90 Å². The zero-order valence-corrected chi connectivity index (χ0v) is 11.3. The Hall–Kier alpha value is -0.120. The predicted molar refractivity (Wildman–Crippen MR) is 68.6 cm³/mol. The molecule has 1 aliphatic carbocycles. The molecule has 1 aliphatic rings. The zero-order chi connectivity index (χ0) is 12.2. The van der Waals surface area contributed by atoms with E-state index in [2.05, 4.69) is 32.8 Å². The molecule has 1 fully saturated rings. The molecule has 0 saturated heterocycles. The Balaban J connectivity index is 2.61. The lowest BCUT2D eigenvalue weighted by Crippen LogP contribution is -2.60. The molecule has 0 aromatic heterocycles. The van der Waals surface area contributed by atoms with E-state index < -0.39 is 0 Å². The van der Waals surface area contributed by atoms with E-state index in [1.54, 1.807) is 0 Å². The van der Waals surface area contributed by atoms with Gasteiger partial charge in [-0.15, -0.1) is 0 Å². The number of hydrogen-bond donors (Lipinski definition) is 1. The number of likely N-dealkylation sites (N-methyl/N-ethyl adjacent to an activating group) is 1. The molecule has 1 rings (SSSR count). The summed E-state index contributed by atoms with van der Waals surface area (Å²) in [4.78, 5) is 2.32. The van der Waals surface area contributed by atoms with Crippen LogP contribution >= 0.6 is 0 Å². The first kappa shape index (κ1) is 13.9. The second kappa shape index (κ2) is 5.99. The maximum atomic E-state index is 6.37. The van der Waals surface area contributed by atoms with Crippen LogP contribution in [0.15, 0.2) is 0 Å². The molecular weight excluding hydrogens is 200 g/mol. The number of hydrogen-bond acceptors (Lipinski definition) is 3. The van der Waals surface area contributed by atoms with Gasteiger partial charge in [-0.25, -0.2) is 0 Å². The van der Waals surface area contributed by atoms with Crippen molar-refractivity contribution in [2.75, 3.05) is 20.7 Å². The van der Waals surface area contributed by atoms with Crippen molar-refractivity contribution >= 4 is 0 Å². The van der Waals surface area contributed by atoms with Crippen LogP contribution in [0.2, 0.25) is 0 Å². The maximum Gasteiger partial charge on any atom is 0.0639 e. The smallest absolute Gasteiger partial charge is 0.0639 e. The molecule has 0 aromatic carbocycles. The van der Waals surface area contributed by atoms with Crippen molar-refractivity contribution in [2.24, 2.45) is 5.73 Å². The van der Waals surface area contributed by atoms with Crippen LogP contribution in [0.5, 0.6) is 0 Å². The van der Waals surface area contributed by atoms with Crippen molar-refractivity contribution in [3.63, 3.8) is 0 Å². The molecule has 3 nitrogen and oxygen atoms in total. The Morgan fingerprint density at radius 1 is 1.19 bits per heavy atom. The first-order valence-electron chi connectivity index (χ1n) is 6.53. The summed E-state index contributed by atoms with van der Waals surface area (Å²) >= 11 is 0. The number of nitrogens with zero attached hydrogens (tertiary/aromatic N) is 1. The third kappa shape index (κ3) is 3.19. The minimum Gasteiger partial charge on any atom is -0.377 e. The van der Waals surface area contributed by atoms with Crippen LogP contribution in [-0.4, -0.2) is 43.3 Å². The van der Waals surface area contributed by atoms with E-state index in [1.807, 2.05) is 0 Å². The first-order chi connectivity index (χ1) is 7.49. The van der Waals surface area contributed by atoms with Gasteiger partial charge in [-0.1, -0.05) is 19.3 Å². The predicted octanol–water partition coefficient (Wildman–Crippen LogP) is 2.00. The Bertz CT molecular complexity index is 198. The summed E-state index contributed by atoms with van der Waals surface area (Å²) in [5.41, 5.74) is 6.53. The lowest BCUT2D eigenvalue weighted by molar-refractivity contribution is 0.00220. The van der Waals surface area contributed by atoms with Gasteiger partial charge in [0, 0.05) is 11.6 Å². The highest BCUT2D eigenvalue weighted by atomic mass is 16.5. The van der Waals surface area contributed by atoms with Crippen molar-refractivity contribution in [3.8, 4) is 0 Å². The van der Waals surface area contributed by atoms with Gasteiger partial charge in [0.25, 0.3) is 0 Å². The maximum absolute atomic E-state index is 6.37. The third-order valence-electron chi connectivity index (χ3n) is 3.91. The number of rotatable bonds is 5. The van der Waals surface area contributed by atoms with E-state index in [0.29, 0.717) is 6.61 Å². The van der Waals surface area contributed by atoms with Crippen LogP contribution in [0.1, 0.15) is 46.0 Å². The molecule has 2 N–H and O–H groups in total. The third-order valence-corrected chi connectivity index (χ3v) is 3.91. The van der Waals surface area contributed by atoms with Crippen LogP contribution < -0.4 is 5.73 Å². The minimum absolute atomic E-state index is 0.130. The summed E-state index contributed by atoms with van der Waals surface area (Å²) in [5, 5.41) is 0. The van der Waals surface area contributed by atoms with Crippen LogP contribution in [-0.2, 0) is 4.74 Å². The molecule has 96 valence electrons. The average Bonchev–Trinajstić information content (AvgIpc) is 2.26. The van der Waals surface area contributed by atoms with Crippen LogP contribution in [0, 0.1) is 0 Å². The molecule has 0 amide bonds. The molecule has 16 heavy (non-hydrogen) atoms. The summed E-state index contributed by atoms with van der Waals surface area (Å²) < 4.78 is 5.68. The lowest BCUT2D eigenvalue weighted by atomic mass is 9.76. The Kier molecular flexibility index (Phi) is 5.22. The van der Waals surface area contributed by atoms with Crippen molar-refractivity contribution in [3.05, 3.63) is 0 Å². The van der Waals surface area contributed by atoms with E-state index in [1.165, 1.54) is 32.1 Å². The van der Waals surface area contributed by atoms with Crippen LogP contribution in [0.4, 0.5) is 0 Å². The van der Waals surface area contributed by atoms with Crippen molar-refractivity contribution < 1.29 is 4.74 Å². The highest BCUT2D eigenvalue weighted by molar-refractivity contribution is 4.99. The van der Waals surface area contributed by atoms with E-state index >= 15 is 0 Å². The van der Waals surface area contributed by atoms with E-state index in [4.69, 9.17) is 10.5 Å². The fourth-order valence-corrected chi connectivity index (χ4v) is 2.76. The number of nitrogens with two attached hydrogens (primary N) is 1. The molecule has 0 bridgehead atoms. The average molecular weight is 228 g/mol. The summed E-state index contributed by atoms with van der Waals surface area (Å²) in [7, 11) is 4.31. The highest BCUT2D eigenvalue weighted by Crippen LogP contribution is 2.34. The fourth-order valence-electron chi connectivity index (χ4n) is 2.76. The molecule has 0 aromatic rings. The lowest BCUT2D eigenvalue weighted by Gasteiger charge is -2.47.